The second kappa shape index (κ2) is 3.36. The Morgan fingerprint density at radius 3 is 3.21 bits per heavy atom. The Kier molecular flexibility index (Phi) is 1.46. The maximum absolute atomic E-state index is 11.0. The van der Waals surface area contributed by atoms with Crippen molar-refractivity contribution in [1.29, 1.82) is 0 Å². The molecule has 0 amide bonds. The molecule has 1 aliphatic heterocycles. The fraction of sp³-hybridized carbons (Fsp3) is 0.143. The quantitative estimate of drug-likeness (QED) is 0.421. The summed E-state index contributed by atoms with van der Waals surface area (Å²) in [6.07, 6.45) is 0. The van der Waals surface area contributed by atoms with E-state index in [1.165, 1.54) is 6.07 Å². The van der Waals surface area contributed by atoms with Gasteiger partial charge in [-0.3, -0.25) is 0 Å². The Hall–Kier alpha value is -1.46. The molecule has 0 radical (unpaired) electrons. The van der Waals surface area contributed by atoms with E-state index in [-0.39, 0.29) is 26.8 Å². The van der Waals surface area contributed by atoms with Crippen molar-refractivity contribution < 1.29 is 9.04 Å². The van der Waals surface area contributed by atoms with Gasteiger partial charge in [-0.25, -0.2) is 0 Å². The fourth-order valence-electron chi connectivity index (χ4n) is 1.20. The van der Waals surface area contributed by atoms with Crippen LogP contribution in [0.25, 0.3) is 0 Å². The average Bonchev–Trinajstić information content (AvgIpc) is 2.61. The van der Waals surface area contributed by atoms with E-state index in [1.807, 2.05) is 0 Å². The van der Waals surface area contributed by atoms with E-state index < -0.39 is 11.9 Å². The van der Waals surface area contributed by atoms with Gasteiger partial charge in [0.1, 0.15) is 0 Å². The monoisotopic (exact) mass is 263 g/mol. The normalized spacial score (nSPS) is 16.7. The van der Waals surface area contributed by atoms with Crippen molar-refractivity contribution in [3.63, 3.8) is 0 Å². The van der Waals surface area contributed by atoms with Gasteiger partial charge >= 0.3 is 90.4 Å². The second-order valence-corrected chi connectivity index (χ2v) is 3.86. The summed E-state index contributed by atoms with van der Waals surface area (Å²) in [4.78, 5) is 10.4. The molecular weight excluding hydrogens is 251 g/mol. The molecule has 0 unspecified atom stereocenters. The minimum atomic E-state index is -2.46. The van der Waals surface area contributed by atoms with E-state index in [2.05, 4.69) is 14.0 Å². The first kappa shape index (κ1) is 6.10. The van der Waals surface area contributed by atoms with Gasteiger partial charge in [0.05, 0.1) is 0 Å². The van der Waals surface area contributed by atoms with Crippen LogP contribution in [0.2, 0.25) is 0 Å². The summed E-state index contributed by atoms with van der Waals surface area (Å²) in [6, 6.07) is 3.00. The molecule has 0 atom stereocenters. The van der Waals surface area contributed by atoms with E-state index in [0.29, 0.717) is 11.4 Å². The zero-order valence-corrected chi connectivity index (χ0v) is 8.54. The van der Waals surface area contributed by atoms with Gasteiger partial charge in [-0.15, -0.1) is 0 Å². The van der Waals surface area contributed by atoms with Crippen molar-refractivity contribution in [3.05, 3.63) is 22.2 Å². The summed E-state index contributed by atoms with van der Waals surface area (Å²) in [7, 11) is 0. The van der Waals surface area contributed by atoms with Crippen molar-refractivity contribution in [2.24, 2.45) is 0 Å². The third-order valence-electron chi connectivity index (χ3n) is 1.81. The fourth-order valence-corrected chi connectivity index (χ4v) is 2.54. The molecule has 2 rings (SSSR count). The molecule has 0 spiro atoms. The van der Waals surface area contributed by atoms with Crippen molar-refractivity contribution >= 4 is 38.1 Å². The number of fused-ring (bicyclic) bond motifs is 1. The Balaban J connectivity index is 2.49. The number of nitrogens with one attached hydrogen (secondary N) is 3. The predicted octanol–water partition coefficient (Wildman–Crippen LogP) is 1.01. The maximum atomic E-state index is 11.0. The predicted molar refractivity (Wildman–Crippen MR) is 55.6 cm³/mol. The van der Waals surface area contributed by atoms with E-state index in [4.69, 9.17) is 4.11 Å². The molecule has 0 aromatic heterocycles. The van der Waals surface area contributed by atoms with Crippen LogP contribution in [0.3, 0.4) is 0 Å². The second-order valence-electron chi connectivity index (χ2n) is 2.57. The SMILES string of the molecule is [2H]C([2H])([2H])Nc1ccc2c(c1[N+](=O)[O-])N[Se]N2. The van der Waals surface area contributed by atoms with Crippen LogP contribution in [0, 0.1) is 10.1 Å². The van der Waals surface area contributed by atoms with Gasteiger partial charge < -0.3 is 0 Å². The topological polar surface area (TPSA) is 79.2 Å². The van der Waals surface area contributed by atoms with E-state index in [9.17, 15) is 10.1 Å². The molecule has 1 aliphatic rings. The van der Waals surface area contributed by atoms with Crippen LogP contribution in [0.5, 0.6) is 0 Å². The van der Waals surface area contributed by atoms with Crippen molar-refractivity contribution in [2.45, 2.75) is 0 Å². The van der Waals surface area contributed by atoms with E-state index in [0.717, 1.165) is 0 Å². The van der Waals surface area contributed by atoms with Gasteiger partial charge in [-0.05, 0) is 0 Å². The van der Waals surface area contributed by atoms with E-state index in [1.54, 1.807) is 6.07 Å². The number of hydrogen-bond acceptors (Lipinski definition) is 5. The molecule has 1 aromatic rings. The molecule has 0 fully saturated rings. The summed E-state index contributed by atoms with van der Waals surface area (Å²) < 4.78 is 27.0. The third-order valence-corrected chi connectivity index (χ3v) is 3.13. The molecule has 14 heavy (non-hydrogen) atoms. The number of nitrogens with zero attached hydrogens (tertiary/aromatic N) is 1. The van der Waals surface area contributed by atoms with Gasteiger partial charge in [0.25, 0.3) is 0 Å². The summed E-state index contributed by atoms with van der Waals surface area (Å²) in [5.74, 6) is 0. The average molecular weight is 262 g/mol. The van der Waals surface area contributed by atoms with Gasteiger partial charge in [-0.2, -0.15) is 0 Å². The molecule has 1 aromatic carbocycles. The molecule has 0 aliphatic carbocycles. The molecule has 1 heterocycles. The van der Waals surface area contributed by atoms with Crippen LogP contribution < -0.4 is 14.0 Å². The number of anilines is 3. The third kappa shape index (κ3) is 1.26. The number of rotatable bonds is 2. The van der Waals surface area contributed by atoms with Gasteiger partial charge in [0.15, 0.2) is 0 Å². The summed E-state index contributed by atoms with van der Waals surface area (Å²) in [5.41, 5.74) is 0.697. The zero-order chi connectivity index (χ0) is 12.6. The Morgan fingerprint density at radius 1 is 1.64 bits per heavy atom. The summed E-state index contributed by atoms with van der Waals surface area (Å²) in [5, 5.41) is 13.1. The standard InChI is InChI=1S/C7H8N4O2Se/c1-8-5-3-2-4-6(10-14-9-4)7(5)11(12)13/h2-3,8-10H,1H3/i1D3. The van der Waals surface area contributed by atoms with Crippen LogP contribution >= 0.6 is 0 Å². The van der Waals surface area contributed by atoms with Gasteiger partial charge in [0.2, 0.25) is 0 Å². The summed E-state index contributed by atoms with van der Waals surface area (Å²) >= 11 is -0.147. The van der Waals surface area contributed by atoms with Crippen LogP contribution in [0.1, 0.15) is 4.11 Å². The summed E-state index contributed by atoms with van der Waals surface area (Å²) in [6.45, 7) is -2.46. The molecule has 0 saturated carbocycles. The van der Waals surface area contributed by atoms with Crippen LogP contribution in [-0.4, -0.2) is 27.3 Å². The van der Waals surface area contributed by atoms with Crippen molar-refractivity contribution in [3.8, 4) is 0 Å². The van der Waals surface area contributed by atoms with Crippen LogP contribution in [-0.2, 0) is 0 Å². The molecular formula is C7H8N4O2Se. The van der Waals surface area contributed by atoms with Crippen LogP contribution in [0.4, 0.5) is 22.7 Å². The number of nitro benzene ring substituents is 1. The zero-order valence-electron chi connectivity index (χ0n) is 9.83. The first-order valence-electron chi connectivity index (χ1n) is 5.16. The first-order chi connectivity index (χ1) is 7.88. The number of hydrogen-bond donors (Lipinski definition) is 3. The Bertz CT molecular complexity index is 479. The van der Waals surface area contributed by atoms with Gasteiger partial charge in [0, 0.05) is 0 Å². The van der Waals surface area contributed by atoms with Crippen molar-refractivity contribution in [1.82, 2.24) is 0 Å². The minimum absolute atomic E-state index is 0.0132. The van der Waals surface area contributed by atoms with Crippen molar-refractivity contribution in [2.75, 3.05) is 21.0 Å². The molecule has 6 nitrogen and oxygen atoms in total. The van der Waals surface area contributed by atoms with Gasteiger partial charge in [-0.1, -0.05) is 0 Å². The molecule has 0 saturated heterocycles. The molecule has 7 heteroatoms. The molecule has 0 bridgehead atoms. The molecule has 74 valence electrons. The number of nitro groups is 1. The Morgan fingerprint density at radius 2 is 2.50 bits per heavy atom. The number of benzene rings is 1. The van der Waals surface area contributed by atoms with Crippen LogP contribution in [0.15, 0.2) is 12.1 Å². The Labute approximate surface area is 91.0 Å². The first-order valence-corrected chi connectivity index (χ1v) is 5.37. The molecule has 3 N–H and O–H groups in total. The van der Waals surface area contributed by atoms with E-state index >= 15 is 0 Å².